The van der Waals surface area contributed by atoms with Crippen LogP contribution in [-0.4, -0.2) is 36.5 Å². The summed E-state index contributed by atoms with van der Waals surface area (Å²) in [6.45, 7) is 1.26. The molecule has 2 atom stereocenters. The number of azo groups is 1. The first-order valence-corrected chi connectivity index (χ1v) is 11.4. The lowest BCUT2D eigenvalue weighted by Gasteiger charge is -2.15. The van der Waals surface area contributed by atoms with Crippen LogP contribution in [-0.2, 0) is 14.6 Å². The molecule has 2 aromatic carbocycles. The highest BCUT2D eigenvalue weighted by Crippen LogP contribution is 2.38. The van der Waals surface area contributed by atoms with Gasteiger partial charge in [-0.2, -0.15) is 10.2 Å². The van der Waals surface area contributed by atoms with E-state index in [1.54, 1.807) is 23.9 Å². The Morgan fingerprint density at radius 2 is 1.76 bits per heavy atom. The first-order valence-electron chi connectivity index (χ1n) is 10.5. The lowest BCUT2D eigenvalue weighted by Crippen LogP contribution is -2.23. The number of fused-ring (bicyclic) bond motifs is 1. The van der Waals surface area contributed by atoms with Crippen molar-refractivity contribution in [1.29, 1.82) is 0 Å². The second-order valence-electron chi connectivity index (χ2n) is 7.55. The van der Waals surface area contributed by atoms with Crippen LogP contribution >= 0.6 is 11.8 Å². The third-order valence-corrected chi connectivity index (χ3v) is 5.56. The van der Waals surface area contributed by atoms with E-state index in [-0.39, 0.29) is 11.5 Å². The van der Waals surface area contributed by atoms with Gasteiger partial charge in [-0.05, 0) is 56.6 Å². The summed E-state index contributed by atoms with van der Waals surface area (Å²) in [6.07, 6.45) is 7.23. The zero-order valence-electron chi connectivity index (χ0n) is 19.2. The van der Waals surface area contributed by atoms with Crippen LogP contribution in [0.4, 0.5) is 17.1 Å². The fourth-order valence-electron chi connectivity index (χ4n) is 2.87. The van der Waals surface area contributed by atoms with Crippen molar-refractivity contribution in [1.82, 2.24) is 4.90 Å². The van der Waals surface area contributed by atoms with E-state index in [0.717, 1.165) is 22.0 Å². The van der Waals surface area contributed by atoms with Crippen LogP contribution in [0.1, 0.15) is 6.92 Å². The zero-order chi connectivity index (χ0) is 24.5. The summed E-state index contributed by atoms with van der Waals surface area (Å²) in [7, 11) is 3.90. The number of nitrogens with one attached hydrogen (secondary N) is 1. The van der Waals surface area contributed by atoms with Crippen molar-refractivity contribution in [3.63, 3.8) is 0 Å². The van der Waals surface area contributed by atoms with Crippen LogP contribution in [0, 0.1) is 0 Å². The number of anilines is 1. The van der Waals surface area contributed by atoms with Gasteiger partial charge in [0.25, 0.3) is 0 Å². The quantitative estimate of drug-likeness (QED) is 0.323. The molecule has 34 heavy (non-hydrogen) atoms. The molecule has 0 amide bonds. The number of nitrogens with two attached hydrogens (primary N) is 2. The maximum atomic E-state index is 10.6. The molecule has 2 unspecified atom stereocenters. The summed E-state index contributed by atoms with van der Waals surface area (Å²) in [6, 6.07) is 15.7. The van der Waals surface area contributed by atoms with Gasteiger partial charge in [0, 0.05) is 23.5 Å². The molecule has 5 N–H and O–H groups in total. The summed E-state index contributed by atoms with van der Waals surface area (Å²) >= 11 is 1.59. The number of rotatable bonds is 5. The summed E-state index contributed by atoms with van der Waals surface area (Å²) in [5.41, 5.74) is 14.6. The summed E-state index contributed by atoms with van der Waals surface area (Å²) in [4.78, 5) is 23.0. The minimum absolute atomic E-state index is 0.0682. The maximum Gasteiger partial charge on any atom is 0.352 e. The minimum atomic E-state index is -0.522. The minimum Gasteiger partial charge on any atom is -0.396 e. The molecule has 0 saturated carbocycles. The van der Waals surface area contributed by atoms with Gasteiger partial charge >= 0.3 is 5.97 Å². The number of carbonyl (C=O) groups is 1. The highest BCUT2D eigenvalue weighted by atomic mass is 32.2. The van der Waals surface area contributed by atoms with E-state index in [1.807, 2.05) is 79.7 Å². The molecule has 0 radical (unpaired) electrons. The monoisotopic (exact) mass is 480 g/mol. The second-order valence-corrected chi connectivity index (χ2v) is 8.73. The van der Waals surface area contributed by atoms with Crippen molar-refractivity contribution >= 4 is 34.8 Å². The van der Waals surface area contributed by atoms with Crippen LogP contribution in [0.15, 0.2) is 99.4 Å². The highest BCUT2D eigenvalue weighted by molar-refractivity contribution is 8.00. The van der Waals surface area contributed by atoms with E-state index in [9.17, 15) is 4.79 Å². The average molecular weight is 481 g/mol. The smallest absolute Gasteiger partial charge is 0.352 e. The summed E-state index contributed by atoms with van der Waals surface area (Å²) in [5.74, 6) is -0.193. The number of carbonyl (C=O) groups excluding carboxylic acids is 1. The van der Waals surface area contributed by atoms with E-state index >= 15 is 0 Å². The molecule has 0 saturated heterocycles. The van der Waals surface area contributed by atoms with Gasteiger partial charge in [0.1, 0.15) is 5.50 Å². The first-order chi connectivity index (χ1) is 16.3. The van der Waals surface area contributed by atoms with Gasteiger partial charge in [-0.1, -0.05) is 42.1 Å². The van der Waals surface area contributed by atoms with Crippen molar-refractivity contribution < 1.29 is 14.6 Å². The number of thioether (sulfide) groups is 1. The Balaban J connectivity index is 0.000000192. The van der Waals surface area contributed by atoms with E-state index < -0.39 is 5.97 Å². The Hall–Kier alpha value is -3.60. The Morgan fingerprint density at radius 1 is 1.06 bits per heavy atom. The Bertz CT molecular complexity index is 1110. The van der Waals surface area contributed by atoms with Crippen molar-refractivity contribution in [3.05, 3.63) is 84.3 Å². The molecule has 4 rings (SSSR count). The van der Waals surface area contributed by atoms with Gasteiger partial charge in [0.15, 0.2) is 0 Å². The van der Waals surface area contributed by atoms with Crippen molar-refractivity contribution in [2.24, 2.45) is 21.7 Å². The number of nitrogens with zero attached hydrogens (tertiary/aromatic N) is 3. The third kappa shape index (κ3) is 7.48. The van der Waals surface area contributed by atoms with Crippen molar-refractivity contribution in [2.45, 2.75) is 23.4 Å². The normalized spacial score (nSPS) is 18.7. The zero-order valence-corrected chi connectivity index (χ0v) is 20.0. The predicted molar refractivity (Wildman–Crippen MR) is 134 cm³/mol. The molecule has 2 aromatic rings. The molecule has 10 heteroatoms. The number of hydrogen-bond donors (Lipinski definition) is 3. The lowest BCUT2D eigenvalue weighted by molar-refractivity contribution is -0.242. The molecule has 0 aromatic heterocycles. The van der Waals surface area contributed by atoms with Crippen LogP contribution in [0.2, 0.25) is 0 Å². The molecule has 1 aliphatic heterocycles. The molecule has 0 fully saturated rings. The van der Waals surface area contributed by atoms with Gasteiger partial charge in [-0.3, -0.25) is 14.7 Å². The van der Waals surface area contributed by atoms with Crippen molar-refractivity contribution in [3.8, 4) is 0 Å². The summed E-state index contributed by atoms with van der Waals surface area (Å²) < 4.78 is 0. The predicted octanol–water partition coefficient (Wildman–Crippen LogP) is 4.57. The number of likely N-dealkylation sites (N-methyl/N-ethyl adjacent to an activating group) is 1. The molecule has 9 nitrogen and oxygen atoms in total. The second kappa shape index (κ2) is 12.0. The van der Waals surface area contributed by atoms with E-state index in [4.69, 9.17) is 16.4 Å². The van der Waals surface area contributed by atoms with Gasteiger partial charge < -0.3 is 16.8 Å². The first kappa shape index (κ1) is 25.0. The number of allylic oxidation sites excluding steroid dienone is 2. The van der Waals surface area contributed by atoms with E-state index in [1.165, 1.54) is 6.92 Å². The molecule has 178 valence electrons. The highest BCUT2D eigenvalue weighted by Gasteiger charge is 2.17. The van der Waals surface area contributed by atoms with Crippen LogP contribution in [0.5, 0.6) is 0 Å². The Morgan fingerprint density at radius 3 is 2.47 bits per heavy atom. The third-order valence-electron chi connectivity index (χ3n) is 4.60. The molecular weight excluding hydrogens is 452 g/mol. The molecule has 0 bridgehead atoms. The van der Waals surface area contributed by atoms with Gasteiger partial charge in [0.2, 0.25) is 5.76 Å². The molecule has 1 aliphatic carbocycles. The molecule has 2 aliphatic rings. The van der Waals surface area contributed by atoms with E-state index in [2.05, 4.69) is 20.4 Å². The van der Waals surface area contributed by atoms with Crippen LogP contribution in [0.25, 0.3) is 0 Å². The van der Waals surface area contributed by atoms with Crippen LogP contribution in [0.3, 0.4) is 0 Å². The summed E-state index contributed by atoms with van der Waals surface area (Å²) in [5, 5.41) is 11.6. The topological polar surface area (TPSA) is 128 Å². The molecule has 0 spiro atoms. The molecule has 1 heterocycles. The van der Waals surface area contributed by atoms with E-state index in [0.29, 0.717) is 11.5 Å². The SMILES string of the molecule is CC(=O)OOC1=C(N)C=CC(N(C)C)C=C1.NC1Nc2ccc(N=Nc3ccccc3)cc2S1. The number of benzene rings is 2. The standard InChI is InChI=1S/C13H12N4S.C11H16N2O3/c14-13-15-11-7-6-10(8-12(11)18-13)17-16-9-4-2-1-3-5-9;1-8(14)15-16-11-7-5-9(13(2)3)4-6-10(11)12/h1-8,13,15H,14H2;4-7,9H,12H2,1-3H3. The van der Waals surface area contributed by atoms with Crippen molar-refractivity contribution in [2.75, 3.05) is 19.4 Å². The maximum absolute atomic E-state index is 10.6. The molecular formula is C24H28N6O3S. The van der Waals surface area contributed by atoms with Crippen LogP contribution < -0.4 is 16.8 Å². The van der Waals surface area contributed by atoms with Gasteiger partial charge in [-0.25, -0.2) is 4.79 Å². The van der Waals surface area contributed by atoms with Gasteiger partial charge in [-0.15, -0.1) is 0 Å². The average Bonchev–Trinajstić information content (AvgIpc) is 3.08. The Kier molecular flexibility index (Phi) is 8.86. The number of hydrogen-bond acceptors (Lipinski definition) is 10. The lowest BCUT2D eigenvalue weighted by atomic mass is 10.2. The fourth-order valence-corrected chi connectivity index (χ4v) is 3.78. The fraction of sp³-hybridized carbons (Fsp3) is 0.208. The van der Waals surface area contributed by atoms with Gasteiger partial charge in [0.05, 0.1) is 17.1 Å². The largest absolute Gasteiger partial charge is 0.396 e. The Labute approximate surface area is 203 Å².